The fourth-order valence-corrected chi connectivity index (χ4v) is 2.95. The predicted molar refractivity (Wildman–Crippen MR) is 61.5 cm³/mol. The molecule has 0 aliphatic carbocycles. The van der Waals surface area contributed by atoms with Crippen molar-refractivity contribution in [2.45, 2.75) is 0 Å². The Morgan fingerprint density at radius 1 is 1.50 bits per heavy atom. The molecule has 0 saturated carbocycles. The summed E-state index contributed by atoms with van der Waals surface area (Å²) in [7, 11) is 0. The number of fused-ring (bicyclic) bond motifs is 1. The lowest BCUT2D eigenvalue weighted by Gasteiger charge is -1.94. The monoisotopic (exact) mass is 290 g/mol. The molecule has 5 heteroatoms. The Bertz CT molecular complexity index is 482. The quantitative estimate of drug-likeness (QED) is 0.862. The fraction of sp³-hybridized carbons (Fsp3) is 0. The molecule has 2 nitrogen and oxygen atoms in total. The van der Waals surface area contributed by atoms with E-state index in [1.165, 1.54) is 11.3 Å². The van der Waals surface area contributed by atoms with Crippen molar-refractivity contribution >= 4 is 54.9 Å². The Kier molecular flexibility index (Phi) is 2.51. The summed E-state index contributed by atoms with van der Waals surface area (Å²) < 4.78 is 1.74. The lowest BCUT2D eigenvalue weighted by molar-refractivity contribution is 0.0702. The predicted octanol–water partition coefficient (Wildman–Crippen LogP) is 4.02. The molecule has 14 heavy (non-hydrogen) atoms. The van der Waals surface area contributed by atoms with Crippen LogP contribution in [0.2, 0.25) is 5.02 Å². The summed E-state index contributed by atoms with van der Waals surface area (Å²) in [6, 6.07) is 5.15. The molecule has 0 atom stereocenters. The van der Waals surface area contributed by atoms with Gasteiger partial charge in [-0.05, 0) is 34.1 Å². The molecule has 0 aliphatic heterocycles. The van der Waals surface area contributed by atoms with Gasteiger partial charge in [0, 0.05) is 14.9 Å². The highest BCUT2D eigenvalue weighted by atomic mass is 79.9. The minimum absolute atomic E-state index is 0.300. The number of carbonyl (C=O) groups is 1. The first-order valence-corrected chi connectivity index (χ1v) is 5.69. The summed E-state index contributed by atoms with van der Waals surface area (Å²) in [5, 5.41) is 10.2. The van der Waals surface area contributed by atoms with E-state index in [0.717, 1.165) is 14.6 Å². The highest BCUT2D eigenvalue weighted by molar-refractivity contribution is 9.10. The zero-order valence-electron chi connectivity index (χ0n) is 6.75. The summed E-state index contributed by atoms with van der Waals surface area (Å²) in [5.74, 6) is -0.922. The van der Waals surface area contributed by atoms with E-state index in [0.29, 0.717) is 9.90 Å². The third-order valence-corrected chi connectivity index (χ3v) is 4.20. The van der Waals surface area contributed by atoms with Crippen LogP contribution in [0, 0.1) is 0 Å². The maximum Gasteiger partial charge on any atom is 0.345 e. The molecule has 2 aromatic rings. The van der Waals surface area contributed by atoms with Crippen LogP contribution in [-0.4, -0.2) is 11.1 Å². The standard InChI is InChI=1S/C9H4BrClO2S/c10-5-1-2-6(11)4-3-7(9(12)13)14-8(4)5/h1-3H,(H,12,13). The van der Waals surface area contributed by atoms with Gasteiger partial charge in [0.2, 0.25) is 0 Å². The van der Waals surface area contributed by atoms with E-state index < -0.39 is 5.97 Å². The van der Waals surface area contributed by atoms with E-state index in [-0.39, 0.29) is 0 Å². The second kappa shape index (κ2) is 3.53. The van der Waals surface area contributed by atoms with Crippen LogP contribution in [0.3, 0.4) is 0 Å². The molecular weight excluding hydrogens is 288 g/mol. The third-order valence-electron chi connectivity index (χ3n) is 1.79. The zero-order chi connectivity index (χ0) is 10.3. The Hall–Kier alpha value is -0.580. The van der Waals surface area contributed by atoms with Gasteiger partial charge in [0.05, 0.1) is 4.70 Å². The Morgan fingerprint density at radius 2 is 2.21 bits per heavy atom. The van der Waals surface area contributed by atoms with Crippen LogP contribution in [0.5, 0.6) is 0 Å². The van der Waals surface area contributed by atoms with Gasteiger partial charge in [0.25, 0.3) is 0 Å². The van der Waals surface area contributed by atoms with E-state index in [1.54, 1.807) is 12.1 Å². The van der Waals surface area contributed by atoms with Crippen molar-refractivity contribution in [3.8, 4) is 0 Å². The van der Waals surface area contributed by atoms with Gasteiger partial charge in [-0.25, -0.2) is 4.79 Å². The molecule has 1 heterocycles. The number of hydrogen-bond acceptors (Lipinski definition) is 2. The van der Waals surface area contributed by atoms with E-state index in [2.05, 4.69) is 15.9 Å². The SMILES string of the molecule is O=C(O)c1cc2c(Cl)ccc(Br)c2s1. The lowest BCUT2D eigenvalue weighted by atomic mass is 10.2. The van der Waals surface area contributed by atoms with E-state index in [4.69, 9.17) is 16.7 Å². The Labute approximate surface area is 97.2 Å². The summed E-state index contributed by atoms with van der Waals surface area (Å²) in [5.41, 5.74) is 0. The first kappa shape index (κ1) is 9.96. The smallest absolute Gasteiger partial charge is 0.345 e. The number of aromatic carboxylic acids is 1. The second-order valence-corrected chi connectivity index (χ2v) is 5.00. The maximum atomic E-state index is 10.7. The topological polar surface area (TPSA) is 37.3 Å². The van der Waals surface area contributed by atoms with Crippen LogP contribution in [-0.2, 0) is 0 Å². The number of halogens is 2. The first-order chi connectivity index (χ1) is 6.59. The maximum absolute atomic E-state index is 10.7. The molecule has 0 spiro atoms. The largest absolute Gasteiger partial charge is 0.477 e. The first-order valence-electron chi connectivity index (χ1n) is 3.70. The number of thiophene rings is 1. The van der Waals surface area contributed by atoms with Gasteiger partial charge in [-0.15, -0.1) is 11.3 Å². The van der Waals surface area contributed by atoms with Crippen molar-refractivity contribution < 1.29 is 9.90 Å². The van der Waals surface area contributed by atoms with Gasteiger partial charge in [-0.1, -0.05) is 11.6 Å². The van der Waals surface area contributed by atoms with E-state index >= 15 is 0 Å². The summed E-state index contributed by atoms with van der Waals surface area (Å²) in [4.78, 5) is 11.0. The number of hydrogen-bond donors (Lipinski definition) is 1. The van der Waals surface area contributed by atoms with Crippen molar-refractivity contribution in [2.24, 2.45) is 0 Å². The van der Waals surface area contributed by atoms with E-state index in [1.807, 2.05) is 6.07 Å². The highest BCUT2D eigenvalue weighted by Gasteiger charge is 2.12. The average molecular weight is 292 g/mol. The zero-order valence-corrected chi connectivity index (χ0v) is 9.91. The van der Waals surface area contributed by atoms with Crippen molar-refractivity contribution in [3.05, 3.63) is 32.6 Å². The number of carboxylic acid groups (broad SMARTS) is 1. The fourth-order valence-electron chi connectivity index (χ4n) is 1.16. The molecule has 1 N–H and O–H groups in total. The molecular formula is C9H4BrClO2S. The van der Waals surface area contributed by atoms with Gasteiger partial charge in [-0.2, -0.15) is 0 Å². The molecule has 0 unspecified atom stereocenters. The third kappa shape index (κ3) is 1.54. The number of rotatable bonds is 1. The molecule has 0 bridgehead atoms. The van der Waals surface area contributed by atoms with Gasteiger partial charge in [0.15, 0.2) is 0 Å². The van der Waals surface area contributed by atoms with Crippen LogP contribution in [0.1, 0.15) is 9.67 Å². The highest BCUT2D eigenvalue weighted by Crippen LogP contribution is 2.36. The van der Waals surface area contributed by atoms with Gasteiger partial charge < -0.3 is 5.11 Å². The van der Waals surface area contributed by atoms with Crippen LogP contribution in [0.4, 0.5) is 0 Å². The van der Waals surface area contributed by atoms with Crippen molar-refractivity contribution in [1.29, 1.82) is 0 Å². The molecule has 1 aromatic heterocycles. The van der Waals surface area contributed by atoms with Crippen LogP contribution < -0.4 is 0 Å². The van der Waals surface area contributed by atoms with E-state index in [9.17, 15) is 4.79 Å². The van der Waals surface area contributed by atoms with Crippen LogP contribution >= 0.6 is 38.9 Å². The molecule has 0 amide bonds. The Balaban J connectivity index is 2.82. The lowest BCUT2D eigenvalue weighted by Crippen LogP contribution is -1.89. The Morgan fingerprint density at radius 3 is 2.79 bits per heavy atom. The molecule has 0 radical (unpaired) electrons. The van der Waals surface area contributed by atoms with Crippen molar-refractivity contribution in [2.75, 3.05) is 0 Å². The second-order valence-electron chi connectivity index (χ2n) is 2.69. The molecule has 0 saturated heterocycles. The van der Waals surface area contributed by atoms with Crippen LogP contribution in [0.25, 0.3) is 10.1 Å². The van der Waals surface area contributed by atoms with Crippen LogP contribution in [0.15, 0.2) is 22.7 Å². The summed E-state index contributed by atoms with van der Waals surface area (Å²) in [6.45, 7) is 0. The summed E-state index contributed by atoms with van der Waals surface area (Å²) in [6.07, 6.45) is 0. The minimum Gasteiger partial charge on any atom is -0.477 e. The van der Waals surface area contributed by atoms with Gasteiger partial charge >= 0.3 is 5.97 Å². The van der Waals surface area contributed by atoms with Gasteiger partial charge in [-0.3, -0.25) is 0 Å². The molecule has 0 fully saturated rings. The minimum atomic E-state index is -0.922. The van der Waals surface area contributed by atoms with Gasteiger partial charge in [0.1, 0.15) is 4.88 Å². The molecule has 1 aromatic carbocycles. The van der Waals surface area contributed by atoms with Crippen molar-refractivity contribution in [1.82, 2.24) is 0 Å². The number of carboxylic acids is 1. The summed E-state index contributed by atoms with van der Waals surface area (Å²) >= 11 is 10.5. The molecule has 2 rings (SSSR count). The average Bonchev–Trinajstić information content (AvgIpc) is 2.57. The normalized spacial score (nSPS) is 10.7. The molecule has 0 aliphatic rings. The molecule has 72 valence electrons. The van der Waals surface area contributed by atoms with Crippen molar-refractivity contribution in [3.63, 3.8) is 0 Å². The number of benzene rings is 1.